The summed E-state index contributed by atoms with van der Waals surface area (Å²) in [5.74, 6) is -0.269. The lowest BCUT2D eigenvalue weighted by atomic mass is 10.1. The smallest absolute Gasteiger partial charge is 0.264 e. The summed E-state index contributed by atoms with van der Waals surface area (Å²) in [4.78, 5) is 28.0. The molecule has 10 heteroatoms. The molecule has 0 heterocycles. The van der Waals surface area contributed by atoms with Crippen LogP contribution < -0.4 is 19.1 Å². The van der Waals surface area contributed by atoms with Gasteiger partial charge in [0.1, 0.15) is 12.6 Å². The molecule has 9 nitrogen and oxygen atoms in total. The monoisotopic (exact) mass is 567 g/mol. The van der Waals surface area contributed by atoms with E-state index >= 15 is 0 Å². The summed E-state index contributed by atoms with van der Waals surface area (Å²) in [7, 11) is 0.123. The van der Waals surface area contributed by atoms with E-state index in [2.05, 4.69) is 5.32 Å². The third-order valence-corrected chi connectivity index (χ3v) is 8.50. The molecule has 0 aromatic heterocycles. The number of hydrogen-bond acceptors (Lipinski definition) is 6. The van der Waals surface area contributed by atoms with E-state index in [0.29, 0.717) is 11.4 Å². The summed E-state index contributed by atoms with van der Waals surface area (Å²) in [6, 6.07) is 16.3. The molecule has 1 N–H and O–H groups in total. The predicted molar refractivity (Wildman–Crippen MR) is 155 cm³/mol. The molecule has 0 radical (unpaired) electrons. The first-order chi connectivity index (χ1) is 18.9. The number of benzene rings is 3. The van der Waals surface area contributed by atoms with E-state index in [1.54, 1.807) is 19.1 Å². The van der Waals surface area contributed by atoms with Crippen molar-refractivity contribution in [2.24, 2.45) is 0 Å². The van der Waals surface area contributed by atoms with Gasteiger partial charge in [-0.3, -0.25) is 13.9 Å². The highest BCUT2D eigenvalue weighted by molar-refractivity contribution is 7.92. The minimum atomic E-state index is -4.26. The van der Waals surface area contributed by atoms with Crippen LogP contribution in [0.15, 0.2) is 65.6 Å². The Bertz CT molecular complexity index is 1470. The van der Waals surface area contributed by atoms with Crippen molar-refractivity contribution in [3.63, 3.8) is 0 Å². The van der Waals surface area contributed by atoms with Crippen molar-refractivity contribution in [3.8, 4) is 11.5 Å². The minimum Gasteiger partial charge on any atom is -0.493 e. The number of carbonyl (C=O) groups is 2. The highest BCUT2D eigenvalue weighted by Crippen LogP contribution is 2.33. The Morgan fingerprint density at radius 1 is 0.900 bits per heavy atom. The normalized spacial score (nSPS) is 11.9. The SMILES string of the molecule is CNC(=O)C(C)N(Cc1ccccc1C)C(=O)CN(c1cc(C)cc(C)c1)S(=O)(=O)c1ccc(OC)c(OC)c1. The molecular formula is C30H37N3O6S. The summed E-state index contributed by atoms with van der Waals surface area (Å²) < 4.78 is 40.0. The Kier molecular flexibility index (Phi) is 9.81. The maximum atomic E-state index is 14.1. The van der Waals surface area contributed by atoms with Crippen molar-refractivity contribution in [1.29, 1.82) is 0 Å². The van der Waals surface area contributed by atoms with Gasteiger partial charge in [0.25, 0.3) is 10.0 Å². The number of carbonyl (C=O) groups excluding carboxylic acids is 2. The van der Waals surface area contributed by atoms with E-state index in [-0.39, 0.29) is 23.1 Å². The largest absolute Gasteiger partial charge is 0.493 e. The van der Waals surface area contributed by atoms with Crippen LogP contribution in [0.25, 0.3) is 0 Å². The van der Waals surface area contributed by atoms with Crippen LogP contribution in [0.2, 0.25) is 0 Å². The fourth-order valence-electron chi connectivity index (χ4n) is 4.49. The number of rotatable bonds is 11. The maximum Gasteiger partial charge on any atom is 0.264 e. The van der Waals surface area contributed by atoms with Crippen LogP contribution in [-0.2, 0) is 26.2 Å². The van der Waals surface area contributed by atoms with Gasteiger partial charge in [0, 0.05) is 19.7 Å². The molecule has 214 valence electrons. The number of aryl methyl sites for hydroxylation is 3. The molecule has 2 amide bonds. The Morgan fingerprint density at radius 3 is 2.10 bits per heavy atom. The molecule has 0 aliphatic rings. The number of likely N-dealkylation sites (N-methyl/N-ethyl adjacent to an activating group) is 1. The topological polar surface area (TPSA) is 105 Å². The standard InChI is InChI=1S/C30H37N3O6S/c1-20-14-21(2)16-25(15-20)33(40(36,37)26-12-13-27(38-6)28(17-26)39-7)19-29(34)32(23(4)30(35)31-5)18-24-11-9-8-10-22(24)3/h8-17,23H,18-19H2,1-7H3,(H,31,35). The van der Waals surface area contributed by atoms with Crippen molar-refractivity contribution in [2.45, 2.75) is 45.2 Å². The second-order valence-electron chi connectivity index (χ2n) is 9.61. The molecule has 3 aromatic carbocycles. The molecule has 3 rings (SSSR count). The zero-order valence-electron chi connectivity index (χ0n) is 24.0. The van der Waals surface area contributed by atoms with Crippen LogP contribution in [0.4, 0.5) is 5.69 Å². The van der Waals surface area contributed by atoms with Gasteiger partial charge in [-0.2, -0.15) is 0 Å². The van der Waals surface area contributed by atoms with Crippen LogP contribution in [0.1, 0.15) is 29.2 Å². The average molecular weight is 568 g/mol. The highest BCUT2D eigenvalue weighted by Gasteiger charge is 2.33. The Balaban J connectivity index is 2.12. The van der Waals surface area contributed by atoms with Gasteiger partial charge in [0.2, 0.25) is 11.8 Å². The zero-order valence-corrected chi connectivity index (χ0v) is 24.8. The lowest BCUT2D eigenvalue weighted by Crippen LogP contribution is -2.50. The Labute approximate surface area is 236 Å². The second-order valence-corrected chi connectivity index (χ2v) is 11.5. The van der Waals surface area contributed by atoms with Gasteiger partial charge < -0.3 is 19.7 Å². The van der Waals surface area contributed by atoms with Gasteiger partial charge in [0.05, 0.1) is 24.8 Å². The van der Waals surface area contributed by atoms with E-state index in [1.807, 2.05) is 51.1 Å². The molecule has 0 saturated heterocycles. The Morgan fingerprint density at radius 2 is 1.52 bits per heavy atom. The van der Waals surface area contributed by atoms with Gasteiger partial charge in [-0.05, 0) is 74.2 Å². The number of methoxy groups -OCH3 is 2. The minimum absolute atomic E-state index is 0.0677. The lowest BCUT2D eigenvalue weighted by Gasteiger charge is -2.32. The molecule has 0 fully saturated rings. The van der Waals surface area contributed by atoms with Crippen molar-refractivity contribution < 1.29 is 27.5 Å². The number of nitrogens with one attached hydrogen (secondary N) is 1. The summed E-state index contributed by atoms with van der Waals surface area (Å²) in [6.45, 7) is 6.88. The molecule has 1 atom stereocenters. The fourth-order valence-corrected chi connectivity index (χ4v) is 5.90. The van der Waals surface area contributed by atoms with Crippen LogP contribution in [0, 0.1) is 20.8 Å². The quantitative estimate of drug-likeness (QED) is 0.376. The number of hydrogen-bond donors (Lipinski definition) is 1. The first kappa shape index (κ1) is 30.5. The molecule has 1 unspecified atom stereocenters. The molecule has 3 aromatic rings. The molecule has 0 saturated carbocycles. The van der Waals surface area contributed by atoms with E-state index in [0.717, 1.165) is 26.6 Å². The van der Waals surface area contributed by atoms with Crippen molar-refractivity contribution >= 4 is 27.5 Å². The summed E-state index contributed by atoms with van der Waals surface area (Å²) in [5.41, 5.74) is 3.82. The van der Waals surface area contributed by atoms with Crippen LogP contribution >= 0.6 is 0 Å². The molecule has 0 bridgehead atoms. The molecule has 0 aliphatic carbocycles. The number of nitrogens with zero attached hydrogens (tertiary/aromatic N) is 2. The number of amides is 2. The molecule has 0 spiro atoms. The highest BCUT2D eigenvalue weighted by atomic mass is 32.2. The van der Waals surface area contributed by atoms with Crippen molar-refractivity contribution in [1.82, 2.24) is 10.2 Å². The van der Waals surface area contributed by atoms with Gasteiger partial charge in [-0.1, -0.05) is 30.3 Å². The lowest BCUT2D eigenvalue weighted by molar-refractivity contribution is -0.139. The third kappa shape index (κ3) is 6.74. The third-order valence-electron chi connectivity index (χ3n) is 6.73. The van der Waals surface area contributed by atoms with Crippen molar-refractivity contribution in [3.05, 3.63) is 82.9 Å². The summed E-state index contributed by atoms with van der Waals surface area (Å²) >= 11 is 0. The van der Waals surface area contributed by atoms with Crippen molar-refractivity contribution in [2.75, 3.05) is 32.1 Å². The molecular weight excluding hydrogens is 530 g/mol. The van der Waals surface area contributed by atoms with Crippen LogP contribution in [0.5, 0.6) is 11.5 Å². The van der Waals surface area contributed by atoms with Crippen LogP contribution in [-0.4, -0.2) is 59.0 Å². The van der Waals surface area contributed by atoms with E-state index in [9.17, 15) is 18.0 Å². The van der Waals surface area contributed by atoms with Gasteiger partial charge >= 0.3 is 0 Å². The Hall–Kier alpha value is -4.05. The molecule has 40 heavy (non-hydrogen) atoms. The summed E-state index contributed by atoms with van der Waals surface area (Å²) in [5, 5.41) is 2.59. The molecule has 0 aliphatic heterocycles. The average Bonchev–Trinajstić information content (AvgIpc) is 2.93. The maximum absolute atomic E-state index is 14.1. The fraction of sp³-hybridized carbons (Fsp3) is 0.333. The number of anilines is 1. The first-order valence-electron chi connectivity index (χ1n) is 12.8. The zero-order chi connectivity index (χ0) is 29.6. The van der Waals surface area contributed by atoms with E-state index in [4.69, 9.17) is 9.47 Å². The van der Waals surface area contributed by atoms with Gasteiger partial charge in [0.15, 0.2) is 11.5 Å². The summed E-state index contributed by atoms with van der Waals surface area (Å²) in [6.07, 6.45) is 0. The number of ether oxygens (including phenoxy) is 2. The van der Waals surface area contributed by atoms with Crippen LogP contribution in [0.3, 0.4) is 0 Å². The first-order valence-corrected chi connectivity index (χ1v) is 14.3. The second kappa shape index (κ2) is 12.9. The van der Waals surface area contributed by atoms with Gasteiger partial charge in [-0.15, -0.1) is 0 Å². The van der Waals surface area contributed by atoms with E-state index in [1.165, 1.54) is 44.4 Å². The van der Waals surface area contributed by atoms with Gasteiger partial charge in [-0.25, -0.2) is 8.42 Å². The predicted octanol–water partition coefficient (Wildman–Crippen LogP) is 3.99. The number of sulfonamides is 1. The van der Waals surface area contributed by atoms with E-state index < -0.39 is 28.5 Å².